The normalized spacial score (nSPS) is 13.5. The Balaban J connectivity index is 2.07. The zero-order chi connectivity index (χ0) is 20.0. The van der Waals surface area contributed by atoms with Crippen molar-refractivity contribution in [2.75, 3.05) is 13.6 Å². The van der Waals surface area contributed by atoms with Crippen LogP contribution in [0, 0.1) is 0 Å². The summed E-state index contributed by atoms with van der Waals surface area (Å²) in [5.41, 5.74) is 5.86. The Morgan fingerprint density at radius 1 is 1.26 bits per heavy atom. The van der Waals surface area contributed by atoms with Crippen molar-refractivity contribution in [3.05, 3.63) is 34.7 Å². The molecule has 0 fully saturated rings. The van der Waals surface area contributed by atoms with E-state index in [0.29, 0.717) is 10.4 Å². The third-order valence-corrected chi connectivity index (χ3v) is 6.10. The summed E-state index contributed by atoms with van der Waals surface area (Å²) < 4.78 is 32.9. The topological polar surface area (TPSA) is 134 Å². The number of primary amides is 1. The van der Waals surface area contributed by atoms with E-state index in [1.165, 1.54) is 11.3 Å². The highest BCUT2D eigenvalue weighted by atomic mass is 32.1. The molecular formula is C16H20NO8PS. The highest BCUT2D eigenvalue weighted by Crippen LogP contribution is 2.51. The number of ether oxygens (including phenoxy) is 2. The lowest BCUT2D eigenvalue weighted by atomic mass is 10.2. The quantitative estimate of drug-likeness (QED) is 0.361. The molecule has 0 saturated heterocycles. The zero-order valence-electron chi connectivity index (χ0n) is 14.7. The van der Waals surface area contributed by atoms with Crippen LogP contribution in [-0.4, -0.2) is 36.9 Å². The van der Waals surface area contributed by atoms with E-state index in [-0.39, 0.29) is 12.3 Å². The van der Waals surface area contributed by atoms with Crippen LogP contribution in [0.3, 0.4) is 0 Å². The van der Waals surface area contributed by atoms with Gasteiger partial charge in [0.15, 0.2) is 6.79 Å². The van der Waals surface area contributed by atoms with Gasteiger partial charge in [0.1, 0.15) is 0 Å². The first-order valence-electron chi connectivity index (χ1n) is 7.87. The van der Waals surface area contributed by atoms with Gasteiger partial charge in [-0.05, 0) is 43.0 Å². The first-order chi connectivity index (χ1) is 12.7. The number of carbonyl (C=O) groups excluding carboxylic acids is 2. The van der Waals surface area contributed by atoms with Crippen molar-refractivity contribution in [3.8, 4) is 0 Å². The summed E-state index contributed by atoms with van der Waals surface area (Å²) in [6, 6.07) is 6.79. The highest BCUT2D eigenvalue weighted by Gasteiger charge is 2.26. The molecule has 9 nitrogen and oxygen atoms in total. The lowest BCUT2D eigenvalue weighted by Crippen LogP contribution is -2.15. The number of rotatable bonds is 9. The van der Waals surface area contributed by atoms with Crippen LogP contribution in [-0.2, 0) is 29.2 Å². The maximum absolute atomic E-state index is 12.7. The Labute approximate surface area is 159 Å². The van der Waals surface area contributed by atoms with Gasteiger partial charge >= 0.3 is 13.8 Å². The van der Waals surface area contributed by atoms with Crippen LogP contribution in [0.15, 0.2) is 24.3 Å². The standard InChI is InChI=1S/C16H20NO8PS/c1-10(2)25-16(20)22-9-24-26(21,23-8-18)7-11-3-4-13-12(5-11)6-14(27-13)15(17)19/h3-6,10,18H,7-9H2,1-2H3,(H2,17,19). The number of hydrogen-bond acceptors (Lipinski definition) is 9. The maximum atomic E-state index is 12.7. The number of aliphatic hydroxyl groups is 1. The van der Waals surface area contributed by atoms with E-state index in [4.69, 9.17) is 24.6 Å². The van der Waals surface area contributed by atoms with E-state index in [9.17, 15) is 14.2 Å². The van der Waals surface area contributed by atoms with E-state index in [1.54, 1.807) is 38.1 Å². The number of amides is 1. The molecule has 148 valence electrons. The fourth-order valence-electron chi connectivity index (χ4n) is 2.13. The second-order valence-corrected chi connectivity index (χ2v) is 8.82. The molecule has 1 amide bonds. The minimum Gasteiger partial charge on any atom is -0.432 e. The third kappa shape index (κ3) is 6.30. The highest BCUT2D eigenvalue weighted by molar-refractivity contribution is 7.53. The molecule has 0 bridgehead atoms. The number of benzene rings is 1. The van der Waals surface area contributed by atoms with Gasteiger partial charge in [-0.1, -0.05) is 6.07 Å². The van der Waals surface area contributed by atoms with Crippen LogP contribution in [0.1, 0.15) is 29.1 Å². The first kappa shape index (κ1) is 21.3. The van der Waals surface area contributed by atoms with Gasteiger partial charge < -0.3 is 20.3 Å². The predicted octanol–water partition coefficient (Wildman–Crippen LogP) is 3.20. The van der Waals surface area contributed by atoms with Gasteiger partial charge in [-0.3, -0.25) is 18.4 Å². The van der Waals surface area contributed by atoms with Crippen molar-refractivity contribution < 1.29 is 37.8 Å². The Morgan fingerprint density at radius 2 is 2.00 bits per heavy atom. The summed E-state index contributed by atoms with van der Waals surface area (Å²) in [5, 5.41) is 9.74. The van der Waals surface area contributed by atoms with Gasteiger partial charge in [0.2, 0.25) is 6.79 Å². The second kappa shape index (κ2) is 9.29. The number of aliphatic hydroxyl groups excluding tert-OH is 1. The van der Waals surface area contributed by atoms with E-state index < -0.39 is 33.2 Å². The molecule has 27 heavy (non-hydrogen) atoms. The Kier molecular flexibility index (Phi) is 7.34. The van der Waals surface area contributed by atoms with Crippen LogP contribution in [0.2, 0.25) is 0 Å². The molecule has 0 radical (unpaired) electrons. The van der Waals surface area contributed by atoms with Crippen LogP contribution < -0.4 is 5.73 Å². The summed E-state index contributed by atoms with van der Waals surface area (Å²) in [5.74, 6) is -0.527. The molecule has 2 aromatic rings. The van der Waals surface area contributed by atoms with Gasteiger partial charge in [-0.2, -0.15) is 0 Å². The molecule has 1 aromatic carbocycles. The Hall–Kier alpha value is -1.97. The summed E-state index contributed by atoms with van der Waals surface area (Å²) in [6.45, 7) is 1.80. The van der Waals surface area contributed by atoms with Crippen molar-refractivity contribution in [2.24, 2.45) is 5.73 Å². The number of thiophene rings is 1. The van der Waals surface area contributed by atoms with Crippen molar-refractivity contribution in [1.29, 1.82) is 0 Å². The number of carbonyl (C=O) groups is 2. The van der Waals surface area contributed by atoms with Gasteiger partial charge in [0, 0.05) is 4.70 Å². The largest absolute Gasteiger partial charge is 0.510 e. The molecule has 0 aliphatic rings. The number of hydrogen-bond donors (Lipinski definition) is 2. The molecule has 0 saturated carbocycles. The van der Waals surface area contributed by atoms with Crippen molar-refractivity contribution in [2.45, 2.75) is 26.1 Å². The van der Waals surface area contributed by atoms with E-state index in [0.717, 1.165) is 10.1 Å². The summed E-state index contributed by atoms with van der Waals surface area (Å²) in [6.07, 6.45) is -1.52. The van der Waals surface area contributed by atoms with Gasteiger partial charge in [0.05, 0.1) is 17.1 Å². The first-order valence-corrected chi connectivity index (χ1v) is 10.4. The SMILES string of the molecule is CC(C)OC(=O)OCOP(=O)(Cc1ccc2sc(C(N)=O)cc2c1)OCO. The lowest BCUT2D eigenvalue weighted by molar-refractivity contribution is -0.0182. The Morgan fingerprint density at radius 3 is 2.63 bits per heavy atom. The maximum Gasteiger partial charge on any atom is 0.510 e. The average molecular weight is 417 g/mol. The predicted molar refractivity (Wildman–Crippen MR) is 98.5 cm³/mol. The van der Waals surface area contributed by atoms with Crippen LogP contribution >= 0.6 is 18.9 Å². The van der Waals surface area contributed by atoms with Crippen molar-refractivity contribution >= 4 is 41.1 Å². The molecule has 1 aromatic heterocycles. The monoisotopic (exact) mass is 417 g/mol. The zero-order valence-corrected chi connectivity index (χ0v) is 16.5. The molecule has 1 unspecified atom stereocenters. The second-order valence-electron chi connectivity index (χ2n) is 5.68. The molecule has 11 heteroatoms. The third-order valence-electron chi connectivity index (χ3n) is 3.21. The molecule has 2 rings (SSSR count). The minimum absolute atomic E-state index is 0.173. The fraction of sp³-hybridized carbons (Fsp3) is 0.375. The summed E-state index contributed by atoms with van der Waals surface area (Å²) >= 11 is 1.25. The molecule has 0 spiro atoms. The molecule has 1 heterocycles. The van der Waals surface area contributed by atoms with E-state index >= 15 is 0 Å². The summed E-state index contributed by atoms with van der Waals surface area (Å²) in [4.78, 5) is 23.0. The Bertz CT molecular complexity index is 865. The molecule has 0 aliphatic carbocycles. The summed E-state index contributed by atoms with van der Waals surface area (Å²) in [7, 11) is -3.79. The van der Waals surface area contributed by atoms with Crippen molar-refractivity contribution in [1.82, 2.24) is 0 Å². The lowest BCUT2D eigenvalue weighted by Gasteiger charge is -2.17. The smallest absolute Gasteiger partial charge is 0.432 e. The van der Waals surface area contributed by atoms with Crippen molar-refractivity contribution in [3.63, 3.8) is 0 Å². The van der Waals surface area contributed by atoms with Crippen LogP contribution in [0.25, 0.3) is 10.1 Å². The average Bonchev–Trinajstić information content (AvgIpc) is 2.97. The molecular weight excluding hydrogens is 397 g/mol. The van der Waals surface area contributed by atoms with Gasteiger partial charge in [-0.15, -0.1) is 11.3 Å². The molecule has 1 atom stereocenters. The minimum atomic E-state index is -3.79. The number of fused-ring (bicyclic) bond motifs is 1. The number of nitrogens with two attached hydrogens (primary N) is 1. The molecule has 0 aliphatic heterocycles. The fourth-order valence-corrected chi connectivity index (χ4v) is 4.32. The van der Waals surface area contributed by atoms with Gasteiger partial charge in [-0.25, -0.2) is 4.79 Å². The van der Waals surface area contributed by atoms with E-state index in [2.05, 4.69) is 4.74 Å². The van der Waals surface area contributed by atoms with Gasteiger partial charge in [0.25, 0.3) is 5.91 Å². The van der Waals surface area contributed by atoms with Crippen LogP contribution in [0.4, 0.5) is 4.79 Å². The molecule has 3 N–H and O–H groups in total. The van der Waals surface area contributed by atoms with E-state index in [1.807, 2.05) is 0 Å². The van der Waals surface area contributed by atoms with Crippen LogP contribution in [0.5, 0.6) is 0 Å².